The fraction of sp³-hybridized carbons (Fsp3) is 0.115. The maximum atomic E-state index is 12.0. The van der Waals surface area contributed by atoms with E-state index in [9.17, 15) is 4.79 Å². The van der Waals surface area contributed by atoms with E-state index in [-0.39, 0.29) is 5.91 Å². The zero-order valence-corrected chi connectivity index (χ0v) is 19.5. The molecule has 9 nitrogen and oxygen atoms in total. The van der Waals surface area contributed by atoms with Gasteiger partial charge in [0.25, 0.3) is 5.91 Å². The SMILES string of the molecule is C=C(C)C(=O)Nc1ccc(-c2c(-c3ccc(-c4noc(C)n4)cc3)c3c(N)ncnc3n2C)cc1. The number of aryl methyl sites for hydroxylation is 2. The van der Waals surface area contributed by atoms with Crippen LogP contribution in [-0.2, 0) is 11.8 Å². The highest BCUT2D eigenvalue weighted by Crippen LogP contribution is 2.42. The molecule has 0 bridgehead atoms. The minimum absolute atomic E-state index is 0.219. The molecule has 5 rings (SSSR count). The monoisotopic (exact) mass is 465 g/mol. The van der Waals surface area contributed by atoms with Crippen molar-refractivity contribution in [3.63, 3.8) is 0 Å². The van der Waals surface area contributed by atoms with Crippen LogP contribution in [0.2, 0.25) is 0 Å². The minimum Gasteiger partial charge on any atom is -0.383 e. The molecule has 0 aliphatic heterocycles. The highest BCUT2D eigenvalue weighted by molar-refractivity contribution is 6.08. The van der Waals surface area contributed by atoms with E-state index in [1.807, 2.05) is 60.1 Å². The highest BCUT2D eigenvalue weighted by Gasteiger charge is 2.22. The van der Waals surface area contributed by atoms with Gasteiger partial charge in [-0.2, -0.15) is 4.98 Å². The van der Waals surface area contributed by atoms with Crippen LogP contribution in [0.5, 0.6) is 0 Å². The standard InChI is InChI=1S/C26H23N7O2/c1-14(2)26(34)31-19-11-9-17(10-12-19)22-20(21-23(27)28-13-29-25(21)33(22)4)16-5-7-18(8-6-16)24-30-15(3)35-32-24/h5-13H,1H2,2-4H3,(H,31,34)(H2,27,28,29). The second-order valence-corrected chi connectivity index (χ2v) is 8.27. The molecule has 3 heterocycles. The van der Waals surface area contributed by atoms with E-state index in [2.05, 4.69) is 32.0 Å². The highest BCUT2D eigenvalue weighted by atomic mass is 16.5. The number of amides is 1. The van der Waals surface area contributed by atoms with Crippen LogP contribution in [0.15, 0.2) is 71.5 Å². The van der Waals surface area contributed by atoms with Crippen molar-refractivity contribution in [3.8, 4) is 33.8 Å². The van der Waals surface area contributed by atoms with Gasteiger partial charge in [-0.1, -0.05) is 48.1 Å². The van der Waals surface area contributed by atoms with Crippen molar-refractivity contribution in [2.75, 3.05) is 11.1 Å². The molecule has 0 radical (unpaired) electrons. The first-order chi connectivity index (χ1) is 16.8. The summed E-state index contributed by atoms with van der Waals surface area (Å²) in [6, 6.07) is 15.5. The maximum absolute atomic E-state index is 12.0. The number of fused-ring (bicyclic) bond motifs is 1. The Morgan fingerprint density at radius 1 is 1.03 bits per heavy atom. The van der Waals surface area contributed by atoms with E-state index >= 15 is 0 Å². The first-order valence-electron chi connectivity index (χ1n) is 10.9. The predicted molar refractivity (Wildman–Crippen MR) is 135 cm³/mol. The smallest absolute Gasteiger partial charge is 0.250 e. The topological polar surface area (TPSA) is 125 Å². The van der Waals surface area contributed by atoms with Crippen LogP contribution in [0.1, 0.15) is 12.8 Å². The summed E-state index contributed by atoms with van der Waals surface area (Å²) in [6.45, 7) is 7.10. The van der Waals surface area contributed by atoms with Gasteiger partial charge in [0.2, 0.25) is 11.7 Å². The van der Waals surface area contributed by atoms with Crippen molar-refractivity contribution in [1.29, 1.82) is 0 Å². The lowest BCUT2D eigenvalue weighted by molar-refractivity contribution is -0.112. The number of benzene rings is 2. The lowest BCUT2D eigenvalue weighted by Gasteiger charge is -2.11. The largest absolute Gasteiger partial charge is 0.383 e. The molecule has 0 atom stereocenters. The van der Waals surface area contributed by atoms with Crippen LogP contribution in [0.3, 0.4) is 0 Å². The number of nitrogens with two attached hydrogens (primary N) is 1. The Kier molecular flexibility index (Phi) is 5.37. The minimum atomic E-state index is -0.219. The molecule has 35 heavy (non-hydrogen) atoms. The van der Waals surface area contributed by atoms with Gasteiger partial charge in [-0.25, -0.2) is 9.97 Å². The molecule has 2 aromatic carbocycles. The van der Waals surface area contributed by atoms with E-state index in [1.54, 1.807) is 13.8 Å². The number of nitrogens with one attached hydrogen (secondary N) is 1. The average molecular weight is 466 g/mol. The fourth-order valence-corrected chi connectivity index (χ4v) is 4.05. The first kappa shape index (κ1) is 22.0. The average Bonchev–Trinajstić information content (AvgIpc) is 3.41. The van der Waals surface area contributed by atoms with Crippen molar-refractivity contribution < 1.29 is 9.32 Å². The number of carbonyl (C=O) groups is 1. The second kappa shape index (κ2) is 8.53. The number of nitrogen functional groups attached to an aromatic ring is 1. The Balaban J connectivity index is 1.64. The van der Waals surface area contributed by atoms with Crippen LogP contribution in [-0.4, -0.2) is 30.6 Å². The number of hydrogen-bond donors (Lipinski definition) is 2. The second-order valence-electron chi connectivity index (χ2n) is 8.27. The van der Waals surface area contributed by atoms with Gasteiger partial charge in [0.1, 0.15) is 17.8 Å². The molecular weight excluding hydrogens is 442 g/mol. The number of carbonyl (C=O) groups excluding carboxylic acids is 1. The molecule has 174 valence electrons. The normalized spacial score (nSPS) is 11.1. The molecule has 0 saturated heterocycles. The summed E-state index contributed by atoms with van der Waals surface area (Å²) in [7, 11) is 1.95. The van der Waals surface area contributed by atoms with Crippen molar-refractivity contribution in [3.05, 3.63) is 72.9 Å². The molecule has 0 aliphatic rings. The lowest BCUT2D eigenvalue weighted by Crippen LogP contribution is -2.11. The lowest BCUT2D eigenvalue weighted by atomic mass is 9.97. The molecule has 0 aliphatic carbocycles. The number of nitrogens with zero attached hydrogens (tertiary/aromatic N) is 5. The Bertz CT molecular complexity index is 1580. The van der Waals surface area contributed by atoms with Crippen LogP contribution < -0.4 is 11.1 Å². The van der Waals surface area contributed by atoms with Gasteiger partial charge in [-0.05, 0) is 30.2 Å². The number of hydrogen-bond acceptors (Lipinski definition) is 7. The zero-order chi connectivity index (χ0) is 24.7. The molecule has 0 unspecified atom stereocenters. The van der Waals surface area contributed by atoms with Crippen LogP contribution in [0.4, 0.5) is 11.5 Å². The van der Waals surface area contributed by atoms with E-state index in [4.69, 9.17) is 10.3 Å². The summed E-state index contributed by atoms with van der Waals surface area (Å²) in [5.41, 5.74) is 12.7. The van der Waals surface area contributed by atoms with Crippen molar-refractivity contribution in [1.82, 2.24) is 24.7 Å². The summed E-state index contributed by atoms with van der Waals surface area (Å²) >= 11 is 0. The molecule has 3 aromatic heterocycles. The summed E-state index contributed by atoms with van der Waals surface area (Å²) < 4.78 is 7.11. The molecule has 0 saturated carbocycles. The molecule has 5 aromatic rings. The van der Waals surface area contributed by atoms with Crippen LogP contribution in [0, 0.1) is 6.92 Å². The summed E-state index contributed by atoms with van der Waals surface area (Å²) in [5, 5.41) is 7.60. The van der Waals surface area contributed by atoms with Gasteiger partial charge in [0, 0.05) is 36.4 Å². The Morgan fingerprint density at radius 2 is 1.69 bits per heavy atom. The van der Waals surface area contributed by atoms with Gasteiger partial charge in [-0.15, -0.1) is 0 Å². The van der Waals surface area contributed by atoms with Gasteiger partial charge in [0.05, 0.1) is 11.1 Å². The van der Waals surface area contributed by atoms with E-state index in [1.165, 1.54) is 6.33 Å². The van der Waals surface area contributed by atoms with Crippen LogP contribution >= 0.6 is 0 Å². The number of rotatable bonds is 5. The molecule has 9 heteroatoms. The summed E-state index contributed by atoms with van der Waals surface area (Å²) in [4.78, 5) is 25.0. The Hall–Kier alpha value is -4.79. The van der Waals surface area contributed by atoms with Gasteiger partial charge >= 0.3 is 0 Å². The third-order valence-electron chi connectivity index (χ3n) is 5.76. The van der Waals surface area contributed by atoms with E-state index in [0.29, 0.717) is 28.8 Å². The molecular formula is C26H23N7O2. The quantitative estimate of drug-likeness (QED) is 0.359. The molecule has 3 N–H and O–H groups in total. The Labute approximate surface area is 201 Å². The molecule has 1 amide bonds. The van der Waals surface area contributed by atoms with E-state index < -0.39 is 0 Å². The van der Waals surface area contributed by atoms with Gasteiger partial charge < -0.3 is 20.1 Å². The number of anilines is 2. The molecule has 0 spiro atoms. The van der Waals surface area contributed by atoms with Crippen LogP contribution in [0.25, 0.3) is 44.8 Å². The van der Waals surface area contributed by atoms with Crippen molar-refractivity contribution in [2.45, 2.75) is 13.8 Å². The Morgan fingerprint density at radius 3 is 2.31 bits per heavy atom. The summed E-state index contributed by atoms with van der Waals surface area (Å²) in [6.07, 6.45) is 1.46. The van der Waals surface area contributed by atoms with Crippen molar-refractivity contribution >= 4 is 28.4 Å². The van der Waals surface area contributed by atoms with Gasteiger partial charge in [-0.3, -0.25) is 4.79 Å². The maximum Gasteiger partial charge on any atom is 0.250 e. The fourth-order valence-electron chi connectivity index (χ4n) is 4.05. The molecule has 0 fully saturated rings. The third kappa shape index (κ3) is 3.93. The zero-order valence-electron chi connectivity index (χ0n) is 19.5. The predicted octanol–water partition coefficient (Wildman–Crippen LogP) is 4.76. The van der Waals surface area contributed by atoms with Crippen molar-refractivity contribution in [2.24, 2.45) is 7.05 Å². The third-order valence-corrected chi connectivity index (χ3v) is 5.76. The summed E-state index contributed by atoms with van der Waals surface area (Å²) in [5.74, 6) is 1.22. The van der Waals surface area contributed by atoms with E-state index in [0.717, 1.165) is 39.0 Å². The van der Waals surface area contributed by atoms with Gasteiger partial charge in [0.15, 0.2) is 0 Å². The number of aromatic nitrogens is 5. The first-order valence-corrected chi connectivity index (χ1v) is 10.9.